The van der Waals surface area contributed by atoms with Gasteiger partial charge in [0, 0.05) is 31.0 Å². The molecule has 0 radical (unpaired) electrons. The average Bonchev–Trinajstić information content (AvgIpc) is 3.00. The summed E-state index contributed by atoms with van der Waals surface area (Å²) in [5, 5.41) is 9.45. The van der Waals surface area contributed by atoms with Crippen molar-refractivity contribution in [1.29, 1.82) is 0 Å². The summed E-state index contributed by atoms with van der Waals surface area (Å²) in [4.78, 5) is 25.7. The van der Waals surface area contributed by atoms with E-state index in [1.165, 1.54) is 11.0 Å². The number of halogens is 2. The summed E-state index contributed by atoms with van der Waals surface area (Å²) in [6.45, 7) is 0.217. The Bertz CT molecular complexity index is 689. The zero-order valence-electron chi connectivity index (χ0n) is 13.1. The molecule has 1 aliphatic carbocycles. The number of likely N-dealkylation sites (tertiary alicyclic amines) is 1. The molecule has 2 aliphatic rings. The molecule has 128 valence electrons. The molecule has 1 N–H and O–H groups in total. The fourth-order valence-corrected chi connectivity index (χ4v) is 3.63. The third-order valence-corrected chi connectivity index (χ3v) is 4.93. The predicted molar refractivity (Wildman–Crippen MR) is 83.3 cm³/mol. The molecule has 4 nitrogen and oxygen atoms in total. The molecule has 0 saturated carbocycles. The van der Waals surface area contributed by atoms with Gasteiger partial charge < -0.3 is 10.0 Å². The van der Waals surface area contributed by atoms with Crippen LogP contribution >= 0.6 is 0 Å². The fourth-order valence-electron chi connectivity index (χ4n) is 3.63. The Labute approximate surface area is 138 Å². The number of hydrogen-bond donors (Lipinski definition) is 1. The molecule has 1 aliphatic heterocycles. The number of aliphatic carboxylic acids is 1. The second-order valence-electron chi connectivity index (χ2n) is 6.44. The number of carboxylic acid groups (broad SMARTS) is 1. The van der Waals surface area contributed by atoms with Gasteiger partial charge in [-0.2, -0.15) is 0 Å². The summed E-state index contributed by atoms with van der Waals surface area (Å²) in [5.41, 5.74) is 0.155. The maximum Gasteiger partial charge on any atom is 0.308 e. The van der Waals surface area contributed by atoms with E-state index < -0.39 is 29.4 Å². The first kappa shape index (κ1) is 16.6. The second kappa shape index (κ2) is 6.71. The van der Waals surface area contributed by atoms with E-state index in [9.17, 15) is 23.5 Å². The fraction of sp³-hybridized carbons (Fsp3) is 0.444. The first-order valence-corrected chi connectivity index (χ1v) is 8.09. The Morgan fingerprint density at radius 3 is 2.58 bits per heavy atom. The molecule has 1 fully saturated rings. The van der Waals surface area contributed by atoms with Crippen LogP contribution in [-0.2, 0) is 9.59 Å². The quantitative estimate of drug-likeness (QED) is 0.864. The number of hydrogen-bond acceptors (Lipinski definition) is 2. The Morgan fingerprint density at radius 2 is 1.96 bits per heavy atom. The molecular formula is C18H19F2NO3. The van der Waals surface area contributed by atoms with E-state index >= 15 is 0 Å². The molecule has 3 atom stereocenters. The number of carbonyl (C=O) groups is 2. The van der Waals surface area contributed by atoms with Crippen molar-refractivity contribution >= 4 is 11.9 Å². The van der Waals surface area contributed by atoms with Crippen LogP contribution in [0.2, 0.25) is 0 Å². The molecular weight excluding hydrogens is 316 g/mol. The largest absolute Gasteiger partial charge is 0.481 e. The third kappa shape index (κ3) is 3.18. The van der Waals surface area contributed by atoms with Crippen LogP contribution in [0.1, 0.15) is 30.7 Å². The first-order valence-electron chi connectivity index (χ1n) is 8.09. The normalized spacial score (nSPS) is 26.6. The topological polar surface area (TPSA) is 57.6 Å². The van der Waals surface area contributed by atoms with E-state index in [1.807, 2.05) is 12.2 Å². The van der Waals surface area contributed by atoms with Crippen molar-refractivity contribution in [3.63, 3.8) is 0 Å². The van der Waals surface area contributed by atoms with E-state index in [0.717, 1.165) is 25.0 Å². The molecule has 0 bridgehead atoms. The van der Waals surface area contributed by atoms with Crippen LogP contribution in [0.25, 0.3) is 0 Å². The molecule has 3 rings (SSSR count). The van der Waals surface area contributed by atoms with Crippen molar-refractivity contribution in [3.05, 3.63) is 47.5 Å². The molecule has 1 aromatic carbocycles. The molecule has 1 heterocycles. The molecule has 1 aromatic rings. The van der Waals surface area contributed by atoms with Crippen molar-refractivity contribution in [2.24, 2.45) is 11.8 Å². The van der Waals surface area contributed by atoms with Crippen LogP contribution in [0.5, 0.6) is 0 Å². The van der Waals surface area contributed by atoms with Crippen molar-refractivity contribution in [2.75, 3.05) is 13.1 Å². The highest BCUT2D eigenvalue weighted by Crippen LogP contribution is 2.36. The van der Waals surface area contributed by atoms with E-state index in [1.54, 1.807) is 0 Å². The summed E-state index contributed by atoms with van der Waals surface area (Å²) < 4.78 is 27.2. The molecule has 0 aromatic heterocycles. The number of benzene rings is 1. The lowest BCUT2D eigenvalue weighted by atomic mass is 9.88. The summed E-state index contributed by atoms with van der Waals surface area (Å²) in [6.07, 6.45) is 6.24. The van der Waals surface area contributed by atoms with E-state index in [-0.39, 0.29) is 30.5 Å². The highest BCUT2D eigenvalue weighted by atomic mass is 19.1. The summed E-state index contributed by atoms with van der Waals surface area (Å²) in [5.74, 6) is -4.29. The van der Waals surface area contributed by atoms with Crippen LogP contribution in [0.15, 0.2) is 30.4 Å². The van der Waals surface area contributed by atoms with Gasteiger partial charge in [-0.05, 0) is 30.9 Å². The van der Waals surface area contributed by atoms with Crippen LogP contribution in [0, 0.1) is 23.5 Å². The van der Waals surface area contributed by atoms with E-state index in [0.29, 0.717) is 6.42 Å². The van der Waals surface area contributed by atoms with E-state index in [4.69, 9.17) is 0 Å². The Hall–Kier alpha value is -2.24. The van der Waals surface area contributed by atoms with Gasteiger partial charge in [-0.25, -0.2) is 8.78 Å². The summed E-state index contributed by atoms with van der Waals surface area (Å²) in [7, 11) is 0. The van der Waals surface area contributed by atoms with Crippen molar-refractivity contribution < 1.29 is 23.5 Å². The van der Waals surface area contributed by atoms with Gasteiger partial charge in [0.2, 0.25) is 5.91 Å². The third-order valence-electron chi connectivity index (χ3n) is 4.93. The molecule has 1 saturated heterocycles. The summed E-state index contributed by atoms with van der Waals surface area (Å²) >= 11 is 0. The maximum absolute atomic E-state index is 14.1. The zero-order valence-corrected chi connectivity index (χ0v) is 13.1. The molecule has 1 amide bonds. The van der Waals surface area contributed by atoms with Gasteiger partial charge in [0.05, 0.1) is 5.92 Å². The number of carbonyl (C=O) groups excluding carboxylic acids is 1. The van der Waals surface area contributed by atoms with Crippen molar-refractivity contribution in [3.8, 4) is 0 Å². The Morgan fingerprint density at radius 1 is 1.17 bits per heavy atom. The number of rotatable bonds is 3. The number of carboxylic acids is 1. The van der Waals surface area contributed by atoms with Crippen molar-refractivity contribution in [2.45, 2.75) is 25.2 Å². The standard InChI is InChI=1S/C18H19F2NO3/c19-12-6-7-13(16(20)8-12)14-9-21(10-15(14)18(23)24)17(22)11-4-2-1-3-5-11/h1-2,6-8,11,14-15H,3-5,9-10H2,(H,23,24)/t11?,14-,15+/m0/s1. The average molecular weight is 335 g/mol. The molecule has 24 heavy (non-hydrogen) atoms. The highest BCUT2D eigenvalue weighted by molar-refractivity contribution is 5.81. The van der Waals surface area contributed by atoms with Crippen LogP contribution in [0.4, 0.5) is 8.78 Å². The van der Waals surface area contributed by atoms with Gasteiger partial charge in [0.25, 0.3) is 0 Å². The van der Waals surface area contributed by atoms with Gasteiger partial charge >= 0.3 is 5.97 Å². The molecule has 6 heteroatoms. The smallest absolute Gasteiger partial charge is 0.308 e. The minimum absolute atomic E-state index is 0.0653. The van der Waals surface area contributed by atoms with Gasteiger partial charge in [0.15, 0.2) is 0 Å². The zero-order chi connectivity index (χ0) is 17.3. The van der Waals surface area contributed by atoms with Crippen LogP contribution in [0.3, 0.4) is 0 Å². The minimum Gasteiger partial charge on any atom is -0.481 e. The second-order valence-corrected chi connectivity index (χ2v) is 6.44. The predicted octanol–water partition coefficient (Wildman–Crippen LogP) is 2.95. The highest BCUT2D eigenvalue weighted by Gasteiger charge is 2.42. The molecule has 1 unspecified atom stereocenters. The van der Waals surface area contributed by atoms with Gasteiger partial charge in [-0.15, -0.1) is 0 Å². The molecule has 0 spiro atoms. The maximum atomic E-state index is 14.1. The van der Waals surface area contributed by atoms with E-state index in [2.05, 4.69) is 0 Å². The number of nitrogens with zero attached hydrogens (tertiary/aromatic N) is 1. The monoisotopic (exact) mass is 335 g/mol. The van der Waals surface area contributed by atoms with Gasteiger partial charge in [0.1, 0.15) is 11.6 Å². The summed E-state index contributed by atoms with van der Waals surface area (Å²) in [6, 6.07) is 3.15. The number of amides is 1. The first-order chi connectivity index (χ1) is 11.5. The van der Waals surface area contributed by atoms with Gasteiger partial charge in [-0.3, -0.25) is 9.59 Å². The Balaban J connectivity index is 1.82. The van der Waals surface area contributed by atoms with Gasteiger partial charge in [-0.1, -0.05) is 18.2 Å². The lowest BCUT2D eigenvalue weighted by Gasteiger charge is -2.24. The van der Waals surface area contributed by atoms with Crippen LogP contribution in [-0.4, -0.2) is 35.0 Å². The SMILES string of the molecule is O=C(O)[C@@H]1CN(C(=O)C2CC=CCC2)C[C@H]1c1ccc(F)cc1F. The minimum atomic E-state index is -1.07. The Kier molecular flexibility index (Phi) is 4.64. The lowest BCUT2D eigenvalue weighted by molar-refractivity contribution is -0.142. The van der Waals surface area contributed by atoms with Crippen LogP contribution < -0.4 is 0 Å². The van der Waals surface area contributed by atoms with Crippen molar-refractivity contribution in [1.82, 2.24) is 4.90 Å². The number of allylic oxidation sites excluding steroid dienone is 2. The lowest BCUT2D eigenvalue weighted by Crippen LogP contribution is -2.35.